The van der Waals surface area contributed by atoms with E-state index in [-0.39, 0.29) is 5.54 Å². The van der Waals surface area contributed by atoms with Crippen molar-refractivity contribution >= 4 is 9.47 Å². The number of alkyl halides is 1. The van der Waals surface area contributed by atoms with Crippen LogP contribution in [0.2, 0.25) is 0 Å². The van der Waals surface area contributed by atoms with Crippen molar-refractivity contribution in [3.05, 3.63) is 11.9 Å². The van der Waals surface area contributed by atoms with Gasteiger partial charge in [0.2, 0.25) is 0 Å². The zero-order chi connectivity index (χ0) is 10.2. The summed E-state index contributed by atoms with van der Waals surface area (Å²) in [7, 11) is 2.18. The summed E-state index contributed by atoms with van der Waals surface area (Å²) < 4.78 is 30.6. The highest BCUT2D eigenvalue weighted by Gasteiger charge is 2.50. The zero-order valence-electron chi connectivity index (χ0n) is 7.88. The third-order valence-electron chi connectivity index (χ3n) is 3.15. The molecule has 0 spiro atoms. The molecule has 0 aliphatic carbocycles. The van der Waals surface area contributed by atoms with Crippen molar-refractivity contribution in [3.8, 4) is 0 Å². The van der Waals surface area contributed by atoms with Crippen molar-refractivity contribution in [3.63, 3.8) is 0 Å². The van der Waals surface area contributed by atoms with Gasteiger partial charge in [0.15, 0.2) is 0 Å². The molecular formula is C9H14F2NOP. The fourth-order valence-electron chi connectivity index (χ4n) is 2.61. The second kappa shape index (κ2) is 3.84. The summed E-state index contributed by atoms with van der Waals surface area (Å²) in [5, 5.41) is 0. The monoisotopic (exact) mass is 221 g/mol. The molecule has 2 fully saturated rings. The summed E-state index contributed by atoms with van der Waals surface area (Å²) in [6.45, 7) is 1.41. The highest BCUT2D eigenvalue weighted by Crippen LogP contribution is 2.42. The maximum atomic E-state index is 13.2. The molecule has 2 nitrogen and oxygen atoms in total. The Hall–Kier alpha value is -0.0500. The summed E-state index contributed by atoms with van der Waals surface area (Å²) in [5.41, 5.74) is 0.456. The molecule has 2 heterocycles. The molecule has 0 radical (unpaired) electrons. The lowest BCUT2D eigenvalue weighted by Crippen LogP contribution is -2.41. The Bertz CT molecular complexity index is 261. The Morgan fingerprint density at radius 3 is 3.14 bits per heavy atom. The average molecular weight is 221 g/mol. The second-order valence-corrected chi connectivity index (χ2v) is 4.49. The van der Waals surface area contributed by atoms with Gasteiger partial charge >= 0.3 is 0 Å². The summed E-state index contributed by atoms with van der Waals surface area (Å²) in [4.78, 5) is 1.99. The maximum Gasteiger partial charge on any atom is 0.115 e. The van der Waals surface area contributed by atoms with Crippen molar-refractivity contribution in [2.45, 2.75) is 24.6 Å². The number of hydrogen-bond acceptors (Lipinski definition) is 2. The summed E-state index contributed by atoms with van der Waals surface area (Å²) in [6.07, 6.45) is 0.906. The first-order chi connectivity index (χ1) is 6.70. The van der Waals surface area contributed by atoms with Crippen LogP contribution in [-0.2, 0) is 4.52 Å². The first kappa shape index (κ1) is 10.5. The molecule has 2 aliphatic heterocycles. The Morgan fingerprint density at radius 2 is 2.50 bits per heavy atom. The van der Waals surface area contributed by atoms with Crippen molar-refractivity contribution in [1.82, 2.24) is 4.90 Å². The van der Waals surface area contributed by atoms with Crippen LogP contribution in [0.5, 0.6) is 0 Å². The number of rotatable bonds is 2. The van der Waals surface area contributed by atoms with Gasteiger partial charge in [-0.15, -0.1) is 0 Å². The molecule has 0 bridgehead atoms. The van der Waals surface area contributed by atoms with E-state index < -0.39 is 6.17 Å². The zero-order valence-corrected chi connectivity index (χ0v) is 9.03. The van der Waals surface area contributed by atoms with E-state index in [1.807, 2.05) is 4.90 Å². The lowest BCUT2D eigenvalue weighted by molar-refractivity contribution is 0.126. The van der Waals surface area contributed by atoms with Gasteiger partial charge in [-0.1, -0.05) is 0 Å². The number of nitrogens with zero attached hydrogens (tertiary/aromatic N) is 1. The van der Waals surface area contributed by atoms with E-state index in [4.69, 9.17) is 4.52 Å². The fraction of sp³-hybridized carbons (Fsp3) is 0.778. The van der Waals surface area contributed by atoms with E-state index in [1.54, 1.807) is 0 Å². The summed E-state index contributed by atoms with van der Waals surface area (Å²) in [5.74, 6) is 0. The Morgan fingerprint density at radius 1 is 1.71 bits per heavy atom. The van der Waals surface area contributed by atoms with Crippen molar-refractivity contribution in [2.24, 2.45) is 0 Å². The largest absolute Gasteiger partial charge is 0.364 e. The molecule has 2 aliphatic rings. The molecular weight excluding hydrogens is 207 g/mol. The first-order valence-electron chi connectivity index (χ1n) is 4.69. The molecule has 0 amide bonds. The molecule has 0 saturated carbocycles. The highest BCUT2D eigenvalue weighted by atomic mass is 31.0. The molecule has 0 aromatic rings. The molecule has 14 heavy (non-hydrogen) atoms. The Balaban J connectivity index is 2.17. The topological polar surface area (TPSA) is 12.5 Å². The fourth-order valence-corrected chi connectivity index (χ4v) is 2.92. The molecule has 3 atom stereocenters. The Labute approximate surface area is 84.6 Å². The SMILES string of the molecule is F/C=C1/CN2C[C@H](F)C[C@@]2(COP)C1. The van der Waals surface area contributed by atoms with E-state index in [2.05, 4.69) is 9.47 Å². The van der Waals surface area contributed by atoms with Gasteiger partial charge in [-0.05, 0) is 12.0 Å². The molecule has 2 rings (SSSR count). The molecule has 5 heteroatoms. The van der Waals surface area contributed by atoms with Gasteiger partial charge in [-0.3, -0.25) is 4.90 Å². The molecule has 2 saturated heterocycles. The van der Waals surface area contributed by atoms with E-state index in [0.29, 0.717) is 38.9 Å². The van der Waals surface area contributed by atoms with E-state index in [0.717, 1.165) is 5.57 Å². The van der Waals surface area contributed by atoms with Crippen LogP contribution in [0, 0.1) is 0 Å². The normalized spacial score (nSPS) is 40.8. The van der Waals surface area contributed by atoms with Crippen LogP contribution >= 0.6 is 9.47 Å². The summed E-state index contributed by atoms with van der Waals surface area (Å²) >= 11 is 0. The average Bonchev–Trinajstić information content (AvgIpc) is 2.57. The van der Waals surface area contributed by atoms with Crippen LogP contribution in [0.25, 0.3) is 0 Å². The first-order valence-corrected chi connectivity index (χ1v) is 5.16. The number of halogens is 2. The van der Waals surface area contributed by atoms with E-state index in [1.165, 1.54) is 0 Å². The van der Waals surface area contributed by atoms with Gasteiger partial charge in [-0.2, -0.15) is 0 Å². The van der Waals surface area contributed by atoms with E-state index >= 15 is 0 Å². The van der Waals surface area contributed by atoms with Crippen molar-refractivity contribution in [1.29, 1.82) is 0 Å². The van der Waals surface area contributed by atoms with Gasteiger partial charge in [0, 0.05) is 29.0 Å². The predicted octanol–water partition coefficient (Wildman–Crippen LogP) is 1.83. The van der Waals surface area contributed by atoms with Crippen LogP contribution in [0.1, 0.15) is 12.8 Å². The molecule has 0 N–H and O–H groups in total. The number of hydrogen-bond donors (Lipinski definition) is 0. The second-order valence-electron chi connectivity index (χ2n) is 4.16. The van der Waals surface area contributed by atoms with Gasteiger partial charge in [0.05, 0.1) is 18.5 Å². The van der Waals surface area contributed by atoms with E-state index in [9.17, 15) is 8.78 Å². The minimum absolute atomic E-state index is 0.293. The van der Waals surface area contributed by atoms with Crippen LogP contribution in [0.3, 0.4) is 0 Å². The van der Waals surface area contributed by atoms with Crippen molar-refractivity contribution in [2.75, 3.05) is 19.7 Å². The van der Waals surface area contributed by atoms with Crippen LogP contribution in [0.15, 0.2) is 11.9 Å². The minimum atomic E-state index is -0.795. The minimum Gasteiger partial charge on any atom is -0.364 e. The molecule has 0 aromatic heterocycles. The third-order valence-corrected chi connectivity index (χ3v) is 3.31. The lowest BCUT2D eigenvalue weighted by Gasteiger charge is -2.29. The van der Waals surface area contributed by atoms with Crippen LogP contribution < -0.4 is 0 Å². The molecule has 80 valence electrons. The van der Waals surface area contributed by atoms with Gasteiger partial charge in [0.1, 0.15) is 6.17 Å². The van der Waals surface area contributed by atoms with Gasteiger partial charge < -0.3 is 4.52 Å². The Kier molecular flexibility index (Phi) is 2.87. The van der Waals surface area contributed by atoms with Crippen LogP contribution in [0.4, 0.5) is 8.78 Å². The van der Waals surface area contributed by atoms with Crippen LogP contribution in [-0.4, -0.2) is 36.3 Å². The van der Waals surface area contributed by atoms with Gasteiger partial charge in [0.25, 0.3) is 0 Å². The molecule has 0 aromatic carbocycles. The maximum absolute atomic E-state index is 13.2. The standard InChI is InChI=1S/C9H14F2NOP/c10-3-7-1-9(6-13-14)2-8(11)5-12(9)4-7/h3,8H,1-2,4-6,14H2/b7-3+/t8-,9-/m1/s1. The summed E-state index contributed by atoms with van der Waals surface area (Å²) in [6, 6.07) is 0. The highest BCUT2D eigenvalue weighted by molar-refractivity contribution is 7.09. The van der Waals surface area contributed by atoms with Crippen molar-refractivity contribution < 1.29 is 13.3 Å². The molecule has 1 unspecified atom stereocenters. The smallest absolute Gasteiger partial charge is 0.115 e. The predicted molar refractivity (Wildman–Crippen MR) is 53.3 cm³/mol. The van der Waals surface area contributed by atoms with Gasteiger partial charge in [-0.25, -0.2) is 8.78 Å². The number of fused-ring (bicyclic) bond motifs is 1. The third kappa shape index (κ3) is 1.60. The quantitative estimate of drug-likeness (QED) is 0.659. The lowest BCUT2D eigenvalue weighted by atomic mass is 9.93.